The molecule has 3 N–H and O–H groups in total. The molecule has 0 amide bonds. The van der Waals surface area contributed by atoms with E-state index in [2.05, 4.69) is 24.0 Å². The zero-order valence-electron chi connectivity index (χ0n) is 10.1. The highest BCUT2D eigenvalue weighted by Crippen LogP contribution is 2.15. The average Bonchev–Trinajstić information content (AvgIpc) is 2.30. The van der Waals surface area contributed by atoms with Gasteiger partial charge in [-0.25, -0.2) is 0 Å². The van der Waals surface area contributed by atoms with Crippen molar-refractivity contribution in [1.29, 1.82) is 0 Å². The van der Waals surface area contributed by atoms with Crippen molar-refractivity contribution >= 4 is 5.69 Å². The largest absolute Gasteiger partial charge is 0.379 e. The van der Waals surface area contributed by atoms with Crippen LogP contribution >= 0.6 is 0 Å². The minimum atomic E-state index is -0.713. The van der Waals surface area contributed by atoms with E-state index in [4.69, 9.17) is 5.73 Å². The van der Waals surface area contributed by atoms with Crippen molar-refractivity contribution in [2.75, 3.05) is 18.0 Å². The zero-order chi connectivity index (χ0) is 12.0. The molecule has 2 unspecified atom stereocenters. The summed E-state index contributed by atoms with van der Waals surface area (Å²) in [5.74, 6) is 0.137. The molecule has 0 aliphatic rings. The maximum atomic E-state index is 9.24. The van der Waals surface area contributed by atoms with E-state index < -0.39 is 6.23 Å². The van der Waals surface area contributed by atoms with Crippen LogP contribution in [0.1, 0.15) is 20.3 Å². The predicted molar refractivity (Wildman–Crippen MR) is 68.3 cm³/mol. The summed E-state index contributed by atoms with van der Waals surface area (Å²) in [5, 5.41) is 9.24. The van der Waals surface area contributed by atoms with Gasteiger partial charge < -0.3 is 15.7 Å². The molecule has 3 nitrogen and oxygen atoms in total. The Balaban J connectivity index is 2.50. The molecule has 0 aliphatic heterocycles. The minimum Gasteiger partial charge on any atom is -0.379 e. The summed E-state index contributed by atoms with van der Waals surface area (Å²) in [6.07, 6.45) is 0.190. The molecule has 0 saturated heterocycles. The standard InChI is InChI=1S/C13H22N2O/c1-3-15(10-9-11(2)13(14)16)12-7-5-4-6-8-12/h4-8,11,13,16H,3,9-10,14H2,1-2H3. The topological polar surface area (TPSA) is 49.5 Å². The van der Waals surface area contributed by atoms with E-state index >= 15 is 0 Å². The van der Waals surface area contributed by atoms with E-state index in [9.17, 15) is 5.11 Å². The Kier molecular flexibility index (Phi) is 5.29. The molecule has 0 aromatic heterocycles. The summed E-state index contributed by atoms with van der Waals surface area (Å²) < 4.78 is 0. The van der Waals surface area contributed by atoms with Crippen LogP contribution in [0.25, 0.3) is 0 Å². The van der Waals surface area contributed by atoms with Crippen molar-refractivity contribution in [2.24, 2.45) is 11.7 Å². The number of aliphatic hydroxyl groups excluding tert-OH is 1. The predicted octanol–water partition coefficient (Wildman–Crippen LogP) is 1.82. The fraction of sp³-hybridized carbons (Fsp3) is 0.538. The highest BCUT2D eigenvalue weighted by molar-refractivity contribution is 5.45. The van der Waals surface area contributed by atoms with Crippen LogP contribution in [0.2, 0.25) is 0 Å². The van der Waals surface area contributed by atoms with Gasteiger partial charge in [0.2, 0.25) is 0 Å². The first-order chi connectivity index (χ1) is 7.65. The number of hydrogen-bond donors (Lipinski definition) is 2. The summed E-state index contributed by atoms with van der Waals surface area (Å²) in [5.41, 5.74) is 6.66. The van der Waals surface area contributed by atoms with Gasteiger partial charge in [-0.1, -0.05) is 25.1 Å². The van der Waals surface area contributed by atoms with Crippen LogP contribution in [0.4, 0.5) is 5.69 Å². The highest BCUT2D eigenvalue weighted by atomic mass is 16.3. The average molecular weight is 222 g/mol. The number of nitrogens with two attached hydrogens (primary N) is 1. The number of nitrogens with zero attached hydrogens (tertiary/aromatic N) is 1. The van der Waals surface area contributed by atoms with Gasteiger partial charge in [0.25, 0.3) is 0 Å². The summed E-state index contributed by atoms with van der Waals surface area (Å²) in [7, 11) is 0. The molecule has 2 atom stereocenters. The Labute approximate surface area is 97.9 Å². The molecular weight excluding hydrogens is 200 g/mol. The maximum Gasteiger partial charge on any atom is 0.105 e. The van der Waals surface area contributed by atoms with Gasteiger partial charge in [0.1, 0.15) is 6.23 Å². The van der Waals surface area contributed by atoms with E-state index in [0.29, 0.717) is 0 Å². The van der Waals surface area contributed by atoms with Crippen molar-refractivity contribution < 1.29 is 5.11 Å². The van der Waals surface area contributed by atoms with Gasteiger partial charge >= 0.3 is 0 Å². The number of benzene rings is 1. The molecule has 0 fully saturated rings. The Morgan fingerprint density at radius 1 is 1.31 bits per heavy atom. The van der Waals surface area contributed by atoms with E-state index in [1.165, 1.54) is 5.69 Å². The van der Waals surface area contributed by atoms with Crippen LogP contribution in [0, 0.1) is 5.92 Å². The molecule has 3 heteroatoms. The third-order valence-corrected chi connectivity index (χ3v) is 2.94. The van der Waals surface area contributed by atoms with E-state index in [-0.39, 0.29) is 5.92 Å². The third kappa shape index (κ3) is 3.83. The Morgan fingerprint density at radius 2 is 1.94 bits per heavy atom. The van der Waals surface area contributed by atoms with Crippen molar-refractivity contribution in [3.8, 4) is 0 Å². The normalized spacial score (nSPS) is 14.5. The van der Waals surface area contributed by atoms with Crippen molar-refractivity contribution in [1.82, 2.24) is 0 Å². The molecule has 16 heavy (non-hydrogen) atoms. The molecule has 1 rings (SSSR count). The van der Waals surface area contributed by atoms with Crippen LogP contribution in [-0.2, 0) is 0 Å². The van der Waals surface area contributed by atoms with Crippen LogP contribution in [0.5, 0.6) is 0 Å². The third-order valence-electron chi connectivity index (χ3n) is 2.94. The van der Waals surface area contributed by atoms with Gasteiger partial charge in [-0.05, 0) is 31.4 Å². The summed E-state index contributed by atoms with van der Waals surface area (Å²) >= 11 is 0. The second-order valence-electron chi connectivity index (χ2n) is 4.17. The quantitative estimate of drug-likeness (QED) is 0.722. The van der Waals surface area contributed by atoms with E-state index in [1.807, 2.05) is 25.1 Å². The lowest BCUT2D eigenvalue weighted by Crippen LogP contribution is -2.32. The van der Waals surface area contributed by atoms with Gasteiger partial charge in [0, 0.05) is 18.8 Å². The highest BCUT2D eigenvalue weighted by Gasteiger charge is 2.11. The minimum absolute atomic E-state index is 0.137. The summed E-state index contributed by atoms with van der Waals surface area (Å²) in [6, 6.07) is 10.3. The molecule has 0 bridgehead atoms. The molecule has 90 valence electrons. The lowest BCUT2D eigenvalue weighted by molar-refractivity contribution is 0.119. The number of rotatable bonds is 6. The van der Waals surface area contributed by atoms with Gasteiger partial charge in [-0.3, -0.25) is 0 Å². The van der Waals surface area contributed by atoms with E-state index in [0.717, 1.165) is 19.5 Å². The smallest absolute Gasteiger partial charge is 0.105 e. The molecule has 1 aromatic carbocycles. The fourth-order valence-electron chi connectivity index (χ4n) is 1.64. The van der Waals surface area contributed by atoms with Crippen molar-refractivity contribution in [2.45, 2.75) is 26.5 Å². The summed E-state index contributed by atoms with van der Waals surface area (Å²) in [4.78, 5) is 2.29. The SMILES string of the molecule is CCN(CCC(C)C(N)O)c1ccccc1. The number of hydrogen-bond acceptors (Lipinski definition) is 3. The summed E-state index contributed by atoms with van der Waals surface area (Å²) in [6.45, 7) is 6.01. The van der Waals surface area contributed by atoms with Gasteiger partial charge in [-0.15, -0.1) is 0 Å². The Bertz CT molecular complexity index is 287. The second-order valence-corrected chi connectivity index (χ2v) is 4.17. The first-order valence-electron chi connectivity index (χ1n) is 5.88. The Morgan fingerprint density at radius 3 is 2.44 bits per heavy atom. The number of para-hydroxylation sites is 1. The molecule has 1 aromatic rings. The second kappa shape index (κ2) is 6.51. The number of aliphatic hydroxyl groups is 1. The lowest BCUT2D eigenvalue weighted by atomic mass is 10.1. The van der Waals surface area contributed by atoms with Gasteiger partial charge in [-0.2, -0.15) is 0 Å². The first kappa shape index (κ1) is 13.0. The van der Waals surface area contributed by atoms with Crippen LogP contribution in [-0.4, -0.2) is 24.4 Å². The van der Waals surface area contributed by atoms with Crippen LogP contribution in [0.15, 0.2) is 30.3 Å². The fourth-order valence-corrected chi connectivity index (χ4v) is 1.64. The van der Waals surface area contributed by atoms with Crippen LogP contribution in [0.3, 0.4) is 0 Å². The first-order valence-corrected chi connectivity index (χ1v) is 5.88. The van der Waals surface area contributed by atoms with Gasteiger partial charge in [0.05, 0.1) is 0 Å². The van der Waals surface area contributed by atoms with E-state index in [1.54, 1.807) is 0 Å². The van der Waals surface area contributed by atoms with Crippen LogP contribution < -0.4 is 10.6 Å². The molecule has 0 heterocycles. The monoisotopic (exact) mass is 222 g/mol. The number of anilines is 1. The lowest BCUT2D eigenvalue weighted by Gasteiger charge is -2.25. The molecular formula is C13H22N2O. The molecule has 0 spiro atoms. The molecule has 0 aliphatic carbocycles. The Hall–Kier alpha value is -1.06. The van der Waals surface area contributed by atoms with Crippen molar-refractivity contribution in [3.63, 3.8) is 0 Å². The molecule has 0 saturated carbocycles. The van der Waals surface area contributed by atoms with Crippen molar-refractivity contribution in [3.05, 3.63) is 30.3 Å². The molecule has 0 radical (unpaired) electrons. The zero-order valence-corrected chi connectivity index (χ0v) is 10.1. The maximum absolute atomic E-state index is 9.24. The van der Waals surface area contributed by atoms with Gasteiger partial charge in [0.15, 0.2) is 0 Å².